The molecule has 8 nitrogen and oxygen atoms in total. The Kier molecular flexibility index (Phi) is 5.31. The molecule has 0 bridgehead atoms. The van der Waals surface area contributed by atoms with Crippen LogP contribution in [0.1, 0.15) is 21.7 Å². The van der Waals surface area contributed by atoms with Crippen molar-refractivity contribution in [2.24, 2.45) is 0 Å². The van der Waals surface area contributed by atoms with Crippen molar-refractivity contribution in [2.45, 2.75) is 25.5 Å². The Balaban J connectivity index is 1.33. The summed E-state index contributed by atoms with van der Waals surface area (Å²) >= 11 is 1.30. The molecule has 2 N–H and O–H groups in total. The summed E-state index contributed by atoms with van der Waals surface area (Å²) in [4.78, 5) is 35.9. The number of pyridine rings is 1. The molecule has 1 saturated heterocycles. The lowest BCUT2D eigenvalue weighted by Crippen LogP contribution is -2.57. The molecular formula is C26H25N5O3S. The SMILES string of the molecule is Cc1cc(OC2C=CC=CC2)ccc1N1C(=O)Nc2c(C(=O)NC3CN(C)C3)sc3nccc1c23. The largest absolute Gasteiger partial charge is 0.486 e. The van der Waals surface area contributed by atoms with Crippen LogP contribution in [-0.4, -0.2) is 54.1 Å². The summed E-state index contributed by atoms with van der Waals surface area (Å²) in [6, 6.07) is 7.37. The van der Waals surface area contributed by atoms with E-state index in [4.69, 9.17) is 4.74 Å². The van der Waals surface area contributed by atoms with Crippen molar-refractivity contribution >= 4 is 50.6 Å². The van der Waals surface area contributed by atoms with E-state index < -0.39 is 0 Å². The zero-order chi connectivity index (χ0) is 24.1. The molecule has 0 spiro atoms. The summed E-state index contributed by atoms with van der Waals surface area (Å²) in [6.45, 7) is 3.60. The quantitative estimate of drug-likeness (QED) is 0.550. The molecule has 1 fully saturated rings. The van der Waals surface area contributed by atoms with Crippen molar-refractivity contribution in [1.29, 1.82) is 0 Å². The van der Waals surface area contributed by atoms with Crippen LogP contribution in [0.25, 0.3) is 10.2 Å². The van der Waals surface area contributed by atoms with Crippen molar-refractivity contribution in [2.75, 3.05) is 30.4 Å². The number of likely N-dealkylation sites (tertiary alicyclic amines) is 1. The molecule has 1 aliphatic carbocycles. The maximum absolute atomic E-state index is 13.4. The van der Waals surface area contributed by atoms with Crippen LogP contribution < -0.4 is 20.3 Å². The second kappa shape index (κ2) is 8.51. The summed E-state index contributed by atoms with van der Waals surface area (Å²) in [7, 11) is 2.02. The van der Waals surface area contributed by atoms with E-state index in [9.17, 15) is 9.59 Å². The number of thiophene rings is 1. The van der Waals surface area contributed by atoms with E-state index in [1.807, 2.05) is 56.5 Å². The van der Waals surface area contributed by atoms with Gasteiger partial charge in [0.05, 0.1) is 28.5 Å². The highest BCUT2D eigenvalue weighted by molar-refractivity contribution is 7.21. The number of carbonyl (C=O) groups is 2. The lowest BCUT2D eigenvalue weighted by atomic mass is 10.1. The number of hydrogen-bond acceptors (Lipinski definition) is 6. The smallest absolute Gasteiger partial charge is 0.331 e. The number of hydrogen-bond donors (Lipinski definition) is 2. The van der Waals surface area contributed by atoms with Crippen LogP contribution in [0.15, 0.2) is 54.8 Å². The fourth-order valence-corrected chi connectivity index (χ4v) is 5.82. The monoisotopic (exact) mass is 487 g/mol. The highest BCUT2D eigenvalue weighted by Crippen LogP contribution is 2.46. The zero-order valence-corrected chi connectivity index (χ0v) is 20.3. The molecule has 35 heavy (non-hydrogen) atoms. The van der Waals surface area contributed by atoms with Gasteiger partial charge in [-0.2, -0.15) is 0 Å². The molecule has 1 unspecified atom stereocenters. The van der Waals surface area contributed by atoms with Gasteiger partial charge in [0.1, 0.15) is 21.6 Å². The van der Waals surface area contributed by atoms with E-state index in [0.29, 0.717) is 21.1 Å². The molecule has 9 heteroatoms. The highest BCUT2D eigenvalue weighted by atomic mass is 32.1. The maximum atomic E-state index is 13.4. The molecule has 6 rings (SSSR count). The number of amides is 3. The fraction of sp³-hybridized carbons (Fsp3) is 0.269. The molecule has 4 heterocycles. The fourth-order valence-electron chi connectivity index (χ4n) is 4.80. The van der Waals surface area contributed by atoms with E-state index >= 15 is 0 Å². The number of nitrogens with zero attached hydrogens (tertiary/aromatic N) is 3. The van der Waals surface area contributed by atoms with Gasteiger partial charge >= 0.3 is 6.03 Å². The van der Waals surface area contributed by atoms with Crippen LogP contribution in [0.2, 0.25) is 0 Å². The maximum Gasteiger partial charge on any atom is 0.331 e. The number of allylic oxidation sites excluding steroid dienone is 2. The third kappa shape index (κ3) is 3.86. The second-order valence-corrected chi connectivity index (χ2v) is 10.1. The number of benzene rings is 1. The molecule has 2 aromatic heterocycles. The minimum absolute atomic E-state index is 0.00150. The minimum atomic E-state index is -0.307. The lowest BCUT2D eigenvalue weighted by molar-refractivity contribution is 0.0862. The molecule has 1 aromatic carbocycles. The van der Waals surface area contributed by atoms with E-state index in [1.165, 1.54) is 11.3 Å². The molecule has 3 amide bonds. The summed E-state index contributed by atoms with van der Waals surface area (Å²) < 4.78 is 6.09. The number of aryl methyl sites for hydroxylation is 1. The molecule has 2 aliphatic heterocycles. The predicted molar refractivity (Wildman–Crippen MR) is 138 cm³/mol. The number of likely N-dealkylation sites (N-methyl/N-ethyl adjacent to an activating group) is 1. The molecule has 3 aliphatic rings. The third-order valence-electron chi connectivity index (χ3n) is 6.49. The van der Waals surface area contributed by atoms with Gasteiger partial charge in [-0.1, -0.05) is 18.2 Å². The van der Waals surface area contributed by atoms with Gasteiger partial charge in [0, 0.05) is 25.7 Å². The highest BCUT2D eigenvalue weighted by Gasteiger charge is 2.34. The van der Waals surface area contributed by atoms with E-state index in [2.05, 4.69) is 26.6 Å². The lowest BCUT2D eigenvalue weighted by Gasteiger charge is -2.36. The van der Waals surface area contributed by atoms with Crippen molar-refractivity contribution in [1.82, 2.24) is 15.2 Å². The Morgan fingerprint density at radius 2 is 2.09 bits per heavy atom. The van der Waals surface area contributed by atoms with Gasteiger partial charge in [0.25, 0.3) is 5.91 Å². The first-order valence-electron chi connectivity index (χ1n) is 11.6. The van der Waals surface area contributed by atoms with Gasteiger partial charge in [-0.05, 0) is 49.9 Å². The first kappa shape index (κ1) is 21.8. The summed E-state index contributed by atoms with van der Waals surface area (Å²) in [5.74, 6) is 0.579. The van der Waals surface area contributed by atoms with Crippen molar-refractivity contribution < 1.29 is 14.3 Å². The van der Waals surface area contributed by atoms with Crippen LogP contribution in [0.5, 0.6) is 5.75 Å². The zero-order valence-electron chi connectivity index (χ0n) is 19.4. The second-order valence-electron chi connectivity index (χ2n) is 9.13. The Labute approximate surface area is 206 Å². The molecule has 178 valence electrons. The number of urea groups is 1. The topological polar surface area (TPSA) is 86.8 Å². The van der Waals surface area contributed by atoms with Crippen LogP contribution >= 0.6 is 11.3 Å². The molecular weight excluding hydrogens is 462 g/mol. The van der Waals surface area contributed by atoms with Gasteiger partial charge < -0.3 is 20.3 Å². The van der Waals surface area contributed by atoms with Crippen molar-refractivity contribution in [3.63, 3.8) is 0 Å². The Morgan fingerprint density at radius 1 is 1.23 bits per heavy atom. The van der Waals surface area contributed by atoms with Crippen LogP contribution in [0.4, 0.5) is 21.9 Å². The van der Waals surface area contributed by atoms with E-state index in [0.717, 1.165) is 41.9 Å². The summed E-state index contributed by atoms with van der Waals surface area (Å²) in [6.07, 6.45) is 10.6. The predicted octanol–water partition coefficient (Wildman–Crippen LogP) is 4.60. The van der Waals surface area contributed by atoms with Crippen molar-refractivity contribution in [3.8, 4) is 5.75 Å². The van der Waals surface area contributed by atoms with Gasteiger partial charge in [0.15, 0.2) is 0 Å². The molecule has 0 saturated carbocycles. The Bertz CT molecular complexity index is 1410. The van der Waals surface area contributed by atoms with E-state index in [-0.39, 0.29) is 24.1 Å². The van der Waals surface area contributed by atoms with Crippen LogP contribution in [0.3, 0.4) is 0 Å². The van der Waals surface area contributed by atoms with Crippen LogP contribution in [0, 0.1) is 6.92 Å². The standard InChI is InChI=1S/C26H25N5O3S/c1-15-12-18(34-17-6-4-3-5-7-17)8-9-19(15)31-20-10-11-27-25-21(20)22(29-26(31)33)23(35-25)24(32)28-16-13-30(2)14-16/h3-6,8-12,16-17H,7,13-14H2,1-2H3,(H,28,32)(H,29,33). The summed E-state index contributed by atoms with van der Waals surface area (Å²) in [5, 5.41) is 6.81. The van der Waals surface area contributed by atoms with Gasteiger partial charge in [-0.25, -0.2) is 9.78 Å². The number of nitrogens with one attached hydrogen (secondary N) is 2. The average Bonchev–Trinajstić information content (AvgIpc) is 3.19. The number of ether oxygens (including phenoxy) is 1. The van der Waals surface area contributed by atoms with Gasteiger partial charge in [-0.3, -0.25) is 9.69 Å². The normalized spacial score (nSPS) is 19.5. The first-order chi connectivity index (χ1) is 17.0. The number of aromatic nitrogens is 1. The van der Waals surface area contributed by atoms with Crippen LogP contribution in [-0.2, 0) is 0 Å². The number of rotatable bonds is 5. The molecule has 0 radical (unpaired) electrons. The Morgan fingerprint density at radius 3 is 2.83 bits per heavy atom. The Hall–Kier alpha value is -3.69. The van der Waals surface area contributed by atoms with Crippen molar-refractivity contribution in [3.05, 3.63) is 65.2 Å². The minimum Gasteiger partial charge on any atom is -0.486 e. The molecule has 3 aromatic rings. The average molecular weight is 488 g/mol. The number of carbonyl (C=O) groups excluding carboxylic acids is 2. The number of anilines is 3. The van der Waals surface area contributed by atoms with E-state index in [1.54, 1.807) is 11.1 Å². The molecule has 1 atom stereocenters. The summed E-state index contributed by atoms with van der Waals surface area (Å²) in [5.41, 5.74) is 2.91. The van der Waals surface area contributed by atoms with Gasteiger partial charge in [0.2, 0.25) is 0 Å². The van der Waals surface area contributed by atoms with Gasteiger partial charge in [-0.15, -0.1) is 11.3 Å². The third-order valence-corrected chi connectivity index (χ3v) is 7.59. The first-order valence-corrected chi connectivity index (χ1v) is 12.4.